The topological polar surface area (TPSA) is 67.6 Å². The van der Waals surface area contributed by atoms with Gasteiger partial charge in [0.2, 0.25) is 0 Å². The highest BCUT2D eigenvalue weighted by Crippen LogP contribution is 2.29. The molecule has 0 aromatic heterocycles. The van der Waals surface area contributed by atoms with Gasteiger partial charge in [-0.3, -0.25) is 4.90 Å². The number of anilines is 1. The van der Waals surface area contributed by atoms with E-state index in [4.69, 9.17) is 22.1 Å². The van der Waals surface area contributed by atoms with Crippen molar-refractivity contribution >= 4 is 23.4 Å². The highest BCUT2D eigenvalue weighted by Gasteiger charge is 2.11. The smallest absolute Gasteiger partial charge is 0.408 e. The maximum absolute atomic E-state index is 12.2. The number of carbonyl (C=O) groups excluding carboxylic acids is 1. The highest BCUT2D eigenvalue weighted by molar-refractivity contribution is 6.30. The second-order valence-electron chi connectivity index (χ2n) is 8.48. The number of nitrogens with zero attached hydrogens (tertiary/aromatic N) is 1. The Bertz CT molecular complexity index is 1060. The number of halogens is 1. The van der Waals surface area contributed by atoms with Crippen LogP contribution >= 0.6 is 11.6 Å². The molecule has 5 nitrogen and oxygen atoms in total. The van der Waals surface area contributed by atoms with Crippen molar-refractivity contribution in [3.05, 3.63) is 82.9 Å². The molecule has 0 unspecified atom stereocenters. The molecule has 0 atom stereocenters. The normalized spacial score (nSPS) is 14.1. The zero-order chi connectivity index (χ0) is 23.0. The summed E-state index contributed by atoms with van der Waals surface area (Å²) in [5.41, 5.74) is 11.0. The number of rotatable bonds is 7. The molecule has 3 aromatic carbocycles. The largest absolute Gasteiger partial charge is 0.412 e. The molecule has 0 radical (unpaired) electrons. The zero-order valence-corrected chi connectivity index (χ0v) is 19.5. The van der Waals surface area contributed by atoms with Crippen molar-refractivity contribution in [2.24, 2.45) is 0 Å². The third kappa shape index (κ3) is 6.73. The lowest BCUT2D eigenvalue weighted by atomic mass is 10.1. The van der Waals surface area contributed by atoms with Gasteiger partial charge in [-0.25, -0.2) is 4.79 Å². The Labute approximate surface area is 200 Å². The lowest BCUT2D eigenvalue weighted by Crippen LogP contribution is -2.29. The molecule has 4 rings (SSSR count). The summed E-state index contributed by atoms with van der Waals surface area (Å²) in [7, 11) is 0. The van der Waals surface area contributed by atoms with Gasteiger partial charge in [-0.2, -0.15) is 0 Å². The van der Waals surface area contributed by atoms with Crippen LogP contribution in [0.3, 0.4) is 0 Å². The molecule has 0 bridgehead atoms. The molecule has 1 heterocycles. The molecule has 1 aliphatic rings. The Balaban J connectivity index is 1.23. The first-order valence-corrected chi connectivity index (χ1v) is 11.9. The summed E-state index contributed by atoms with van der Waals surface area (Å²) in [6.07, 6.45) is 4.19. The van der Waals surface area contributed by atoms with E-state index in [9.17, 15) is 4.79 Å². The van der Waals surface area contributed by atoms with Crippen LogP contribution in [0.1, 0.15) is 30.4 Å². The minimum absolute atomic E-state index is 0.340. The lowest BCUT2D eigenvalue weighted by molar-refractivity contribution is 0.201. The van der Waals surface area contributed by atoms with Gasteiger partial charge in [0, 0.05) is 18.1 Å². The first-order chi connectivity index (χ1) is 16.1. The van der Waals surface area contributed by atoms with Crippen LogP contribution in [0, 0.1) is 0 Å². The zero-order valence-electron chi connectivity index (χ0n) is 18.7. The van der Waals surface area contributed by atoms with E-state index in [1.807, 2.05) is 30.3 Å². The number of likely N-dealkylation sites (tertiary alicyclic amines) is 1. The van der Waals surface area contributed by atoms with Gasteiger partial charge in [0.15, 0.2) is 5.75 Å². The number of benzene rings is 3. The molecular weight excluding hydrogens is 434 g/mol. The third-order valence-electron chi connectivity index (χ3n) is 5.95. The maximum atomic E-state index is 12.2. The van der Waals surface area contributed by atoms with Crippen molar-refractivity contribution in [2.75, 3.05) is 25.4 Å². The number of nitrogen functional groups attached to an aromatic ring is 1. The van der Waals surface area contributed by atoms with Gasteiger partial charge in [-0.05, 0) is 78.9 Å². The number of piperidine rings is 1. The van der Waals surface area contributed by atoms with E-state index in [0.717, 1.165) is 24.1 Å². The van der Waals surface area contributed by atoms with Gasteiger partial charge >= 0.3 is 6.09 Å². The number of ether oxygens (including phenoxy) is 1. The van der Waals surface area contributed by atoms with Gasteiger partial charge in [-0.1, -0.05) is 60.5 Å². The molecular formula is C27H30ClN3O2. The fourth-order valence-electron chi connectivity index (χ4n) is 4.10. The van der Waals surface area contributed by atoms with Crippen molar-refractivity contribution in [1.29, 1.82) is 0 Å². The molecule has 3 aromatic rings. The van der Waals surface area contributed by atoms with Crippen LogP contribution in [-0.4, -0.2) is 30.6 Å². The number of hydrogen-bond donors (Lipinski definition) is 2. The fraction of sp³-hybridized carbons (Fsp3) is 0.296. The van der Waals surface area contributed by atoms with E-state index in [2.05, 4.69) is 34.5 Å². The number of carbonyl (C=O) groups is 1. The Hall–Kier alpha value is -3.02. The van der Waals surface area contributed by atoms with Crippen molar-refractivity contribution in [3.63, 3.8) is 0 Å². The number of nitrogens with one attached hydrogen (secondary N) is 1. The Morgan fingerprint density at radius 1 is 0.909 bits per heavy atom. The molecule has 0 spiro atoms. The summed E-state index contributed by atoms with van der Waals surface area (Å²) in [5, 5.41) is 3.48. The number of hydrogen-bond acceptors (Lipinski definition) is 4. The van der Waals surface area contributed by atoms with Gasteiger partial charge in [0.1, 0.15) is 0 Å². The second kappa shape index (κ2) is 11.2. The molecule has 1 saturated heterocycles. The molecule has 1 amide bonds. The molecule has 0 saturated carbocycles. The van der Waals surface area contributed by atoms with Gasteiger partial charge in [0.25, 0.3) is 0 Å². The molecule has 6 heteroatoms. The van der Waals surface area contributed by atoms with Gasteiger partial charge in [0.05, 0.1) is 5.69 Å². The van der Waals surface area contributed by atoms with Crippen LogP contribution in [0.15, 0.2) is 66.7 Å². The van der Waals surface area contributed by atoms with E-state index in [0.29, 0.717) is 23.0 Å². The van der Waals surface area contributed by atoms with Crippen LogP contribution in [-0.2, 0) is 13.0 Å². The summed E-state index contributed by atoms with van der Waals surface area (Å²) in [5.74, 6) is 0.340. The summed E-state index contributed by atoms with van der Waals surface area (Å²) < 4.78 is 5.40. The Morgan fingerprint density at radius 2 is 1.58 bits per heavy atom. The van der Waals surface area contributed by atoms with Crippen LogP contribution in [0.4, 0.5) is 10.5 Å². The monoisotopic (exact) mass is 463 g/mol. The Kier molecular flexibility index (Phi) is 7.87. The molecule has 0 aliphatic carbocycles. The first kappa shape index (κ1) is 23.1. The van der Waals surface area contributed by atoms with Crippen molar-refractivity contribution in [2.45, 2.75) is 32.2 Å². The van der Waals surface area contributed by atoms with Gasteiger partial charge in [-0.15, -0.1) is 0 Å². The Morgan fingerprint density at radius 3 is 2.27 bits per heavy atom. The highest BCUT2D eigenvalue weighted by atomic mass is 35.5. The average molecular weight is 464 g/mol. The summed E-state index contributed by atoms with van der Waals surface area (Å²) in [6, 6.07) is 21.5. The SMILES string of the molecule is Nc1cc(-c2ccc(Cl)cc2)ccc1OC(=O)NCCc1ccc(CN2CCCCC2)cc1. The first-order valence-electron chi connectivity index (χ1n) is 11.5. The fourth-order valence-corrected chi connectivity index (χ4v) is 4.22. The molecule has 3 N–H and O–H groups in total. The summed E-state index contributed by atoms with van der Waals surface area (Å²) in [6.45, 7) is 3.90. The van der Waals surface area contributed by atoms with E-state index in [1.54, 1.807) is 12.1 Å². The lowest BCUT2D eigenvalue weighted by Gasteiger charge is -2.26. The number of amides is 1. The van der Waals surface area contributed by atoms with Gasteiger partial charge < -0.3 is 15.8 Å². The predicted molar refractivity (Wildman–Crippen MR) is 135 cm³/mol. The summed E-state index contributed by atoms with van der Waals surface area (Å²) >= 11 is 5.95. The van der Waals surface area contributed by atoms with E-state index < -0.39 is 6.09 Å². The second-order valence-corrected chi connectivity index (χ2v) is 8.92. The van der Waals surface area contributed by atoms with Crippen LogP contribution in [0.5, 0.6) is 5.75 Å². The summed E-state index contributed by atoms with van der Waals surface area (Å²) in [4.78, 5) is 14.7. The maximum Gasteiger partial charge on any atom is 0.412 e. The molecule has 1 aliphatic heterocycles. The van der Waals surface area contributed by atoms with Crippen molar-refractivity contribution in [3.8, 4) is 16.9 Å². The van der Waals surface area contributed by atoms with E-state index in [-0.39, 0.29) is 0 Å². The minimum atomic E-state index is -0.511. The van der Waals surface area contributed by atoms with Crippen LogP contribution in [0.2, 0.25) is 5.02 Å². The van der Waals surface area contributed by atoms with Crippen molar-refractivity contribution in [1.82, 2.24) is 10.2 Å². The molecule has 1 fully saturated rings. The predicted octanol–water partition coefficient (Wildman–Crippen LogP) is 5.91. The third-order valence-corrected chi connectivity index (χ3v) is 6.20. The van der Waals surface area contributed by atoms with Crippen molar-refractivity contribution < 1.29 is 9.53 Å². The molecule has 172 valence electrons. The van der Waals surface area contributed by atoms with Crippen LogP contribution < -0.4 is 15.8 Å². The number of nitrogens with two attached hydrogens (primary N) is 1. The van der Waals surface area contributed by atoms with E-state index in [1.165, 1.54) is 43.5 Å². The quantitative estimate of drug-likeness (QED) is 0.427. The minimum Gasteiger partial charge on any atom is -0.408 e. The average Bonchev–Trinajstić information content (AvgIpc) is 2.83. The van der Waals surface area contributed by atoms with Crippen LogP contribution in [0.25, 0.3) is 11.1 Å². The molecule has 33 heavy (non-hydrogen) atoms. The standard InChI is InChI=1S/C27H30ClN3O2/c28-24-11-8-22(9-12-24)23-10-13-26(25(29)18-23)33-27(32)30-15-14-20-4-6-21(7-5-20)19-31-16-2-1-3-17-31/h4-13,18H,1-3,14-17,19,29H2,(H,30,32). The van der Waals surface area contributed by atoms with E-state index >= 15 is 0 Å².